The summed E-state index contributed by atoms with van der Waals surface area (Å²) in [6.07, 6.45) is 0. The Labute approximate surface area is 95.8 Å². The normalized spacial score (nSPS) is 11.0. The standard InChI is InChI=1S/C13H18N2O/c1-9-10(2)15(8-7-14)13-11(9)5-4-6-12(13)16-3/h4-6H,7-8,14H2,1-3H3. The Kier molecular flexibility index (Phi) is 2.88. The molecular formula is C13H18N2O. The van der Waals surface area contributed by atoms with Crippen molar-refractivity contribution >= 4 is 10.9 Å². The molecule has 3 heteroatoms. The number of para-hydroxylation sites is 1. The van der Waals surface area contributed by atoms with Crippen molar-refractivity contribution < 1.29 is 4.74 Å². The lowest BCUT2D eigenvalue weighted by molar-refractivity contribution is 0.417. The zero-order chi connectivity index (χ0) is 11.7. The average Bonchev–Trinajstić information content (AvgIpc) is 2.55. The number of rotatable bonds is 3. The Morgan fingerprint density at radius 3 is 2.69 bits per heavy atom. The maximum absolute atomic E-state index is 5.66. The van der Waals surface area contributed by atoms with Crippen molar-refractivity contribution in [2.75, 3.05) is 13.7 Å². The molecule has 0 bridgehead atoms. The summed E-state index contributed by atoms with van der Waals surface area (Å²) in [6.45, 7) is 5.74. The minimum absolute atomic E-state index is 0.641. The van der Waals surface area contributed by atoms with E-state index < -0.39 is 0 Å². The maximum Gasteiger partial charge on any atom is 0.143 e. The SMILES string of the molecule is COc1cccc2c(C)c(C)n(CCN)c12. The van der Waals surface area contributed by atoms with Crippen LogP contribution in [-0.2, 0) is 6.54 Å². The molecular weight excluding hydrogens is 200 g/mol. The highest BCUT2D eigenvalue weighted by Crippen LogP contribution is 2.31. The molecule has 3 nitrogen and oxygen atoms in total. The van der Waals surface area contributed by atoms with Gasteiger partial charge in [-0.3, -0.25) is 0 Å². The van der Waals surface area contributed by atoms with Gasteiger partial charge < -0.3 is 15.0 Å². The first-order valence-corrected chi connectivity index (χ1v) is 5.53. The molecule has 0 aliphatic carbocycles. The summed E-state index contributed by atoms with van der Waals surface area (Å²) in [5, 5.41) is 1.25. The monoisotopic (exact) mass is 218 g/mol. The number of aromatic nitrogens is 1. The van der Waals surface area contributed by atoms with E-state index in [9.17, 15) is 0 Å². The average molecular weight is 218 g/mol. The zero-order valence-corrected chi connectivity index (χ0v) is 10.1. The number of nitrogens with two attached hydrogens (primary N) is 1. The molecule has 0 unspecified atom stereocenters. The lowest BCUT2D eigenvalue weighted by atomic mass is 10.1. The van der Waals surface area contributed by atoms with Crippen LogP contribution in [0.4, 0.5) is 0 Å². The maximum atomic E-state index is 5.66. The van der Waals surface area contributed by atoms with E-state index >= 15 is 0 Å². The summed E-state index contributed by atoms with van der Waals surface area (Å²) in [5.41, 5.74) is 9.39. The molecule has 0 aliphatic rings. The summed E-state index contributed by atoms with van der Waals surface area (Å²) in [6, 6.07) is 6.15. The number of methoxy groups -OCH3 is 1. The van der Waals surface area contributed by atoms with Gasteiger partial charge in [0.05, 0.1) is 12.6 Å². The van der Waals surface area contributed by atoms with Gasteiger partial charge in [-0.1, -0.05) is 12.1 Å². The van der Waals surface area contributed by atoms with Gasteiger partial charge in [0, 0.05) is 24.2 Å². The van der Waals surface area contributed by atoms with E-state index in [1.807, 2.05) is 12.1 Å². The molecule has 2 rings (SSSR count). The van der Waals surface area contributed by atoms with E-state index in [0.29, 0.717) is 6.54 Å². The van der Waals surface area contributed by atoms with Crippen molar-refractivity contribution in [3.05, 3.63) is 29.5 Å². The Morgan fingerprint density at radius 2 is 2.06 bits per heavy atom. The quantitative estimate of drug-likeness (QED) is 0.858. The molecule has 2 aromatic rings. The van der Waals surface area contributed by atoms with E-state index in [-0.39, 0.29) is 0 Å². The van der Waals surface area contributed by atoms with Crippen molar-refractivity contribution in [1.82, 2.24) is 4.57 Å². The number of fused-ring (bicyclic) bond motifs is 1. The van der Waals surface area contributed by atoms with Crippen LogP contribution in [0.3, 0.4) is 0 Å². The Morgan fingerprint density at radius 1 is 1.31 bits per heavy atom. The topological polar surface area (TPSA) is 40.2 Å². The summed E-state index contributed by atoms with van der Waals surface area (Å²) >= 11 is 0. The van der Waals surface area contributed by atoms with Crippen molar-refractivity contribution in [3.63, 3.8) is 0 Å². The van der Waals surface area contributed by atoms with Crippen LogP contribution in [-0.4, -0.2) is 18.2 Å². The number of ether oxygens (including phenoxy) is 1. The first kappa shape index (κ1) is 11.0. The first-order valence-electron chi connectivity index (χ1n) is 5.53. The van der Waals surface area contributed by atoms with Gasteiger partial charge in [-0.05, 0) is 25.5 Å². The molecule has 16 heavy (non-hydrogen) atoms. The predicted molar refractivity (Wildman–Crippen MR) is 67.0 cm³/mol. The van der Waals surface area contributed by atoms with Crippen molar-refractivity contribution in [3.8, 4) is 5.75 Å². The van der Waals surface area contributed by atoms with Crippen LogP contribution < -0.4 is 10.5 Å². The summed E-state index contributed by atoms with van der Waals surface area (Å²) in [4.78, 5) is 0. The van der Waals surface area contributed by atoms with Gasteiger partial charge in [0.25, 0.3) is 0 Å². The van der Waals surface area contributed by atoms with Gasteiger partial charge >= 0.3 is 0 Å². The second-order valence-electron chi connectivity index (χ2n) is 4.01. The van der Waals surface area contributed by atoms with Gasteiger partial charge in [-0.15, -0.1) is 0 Å². The molecule has 0 amide bonds. The molecule has 0 aliphatic heterocycles. The van der Waals surface area contributed by atoms with Gasteiger partial charge in [0.2, 0.25) is 0 Å². The third-order valence-electron chi connectivity index (χ3n) is 3.19. The molecule has 86 valence electrons. The third kappa shape index (κ3) is 1.48. The van der Waals surface area contributed by atoms with E-state index in [1.165, 1.54) is 16.6 Å². The van der Waals surface area contributed by atoms with Gasteiger partial charge in [0.1, 0.15) is 5.75 Å². The number of nitrogens with zero attached hydrogens (tertiary/aromatic N) is 1. The molecule has 0 spiro atoms. The first-order chi connectivity index (χ1) is 7.70. The lowest BCUT2D eigenvalue weighted by Crippen LogP contribution is -2.11. The predicted octanol–water partition coefficient (Wildman–Crippen LogP) is 2.23. The van der Waals surface area contributed by atoms with Crippen molar-refractivity contribution in [2.24, 2.45) is 5.73 Å². The number of hydrogen-bond donors (Lipinski definition) is 1. The fraction of sp³-hybridized carbons (Fsp3) is 0.385. The largest absolute Gasteiger partial charge is 0.495 e. The smallest absolute Gasteiger partial charge is 0.143 e. The van der Waals surface area contributed by atoms with E-state index in [2.05, 4.69) is 24.5 Å². The van der Waals surface area contributed by atoms with Crippen molar-refractivity contribution in [1.29, 1.82) is 0 Å². The summed E-state index contributed by atoms with van der Waals surface area (Å²) in [7, 11) is 1.71. The van der Waals surface area contributed by atoms with Crippen LogP contribution in [0.5, 0.6) is 5.75 Å². The Hall–Kier alpha value is -1.48. The molecule has 0 fully saturated rings. The zero-order valence-electron chi connectivity index (χ0n) is 10.1. The third-order valence-corrected chi connectivity index (χ3v) is 3.19. The Bertz CT molecular complexity index is 514. The molecule has 1 heterocycles. The second-order valence-corrected chi connectivity index (χ2v) is 4.01. The van der Waals surface area contributed by atoms with Crippen LogP contribution in [0, 0.1) is 13.8 Å². The van der Waals surface area contributed by atoms with Crippen molar-refractivity contribution in [2.45, 2.75) is 20.4 Å². The molecule has 2 N–H and O–H groups in total. The molecule has 0 radical (unpaired) electrons. The highest BCUT2D eigenvalue weighted by molar-refractivity contribution is 5.90. The van der Waals surface area contributed by atoms with Gasteiger partial charge in [-0.2, -0.15) is 0 Å². The van der Waals surface area contributed by atoms with E-state index in [1.54, 1.807) is 7.11 Å². The van der Waals surface area contributed by atoms with Gasteiger partial charge in [-0.25, -0.2) is 0 Å². The molecule has 1 aromatic heterocycles. The second kappa shape index (κ2) is 4.18. The number of aryl methyl sites for hydroxylation is 1. The number of benzene rings is 1. The fourth-order valence-electron chi connectivity index (χ4n) is 2.24. The molecule has 0 saturated carbocycles. The molecule has 0 atom stereocenters. The molecule has 1 aromatic carbocycles. The van der Waals surface area contributed by atoms with Crippen LogP contribution in [0.1, 0.15) is 11.3 Å². The fourth-order valence-corrected chi connectivity index (χ4v) is 2.24. The number of hydrogen-bond acceptors (Lipinski definition) is 2. The highest BCUT2D eigenvalue weighted by Gasteiger charge is 2.13. The highest BCUT2D eigenvalue weighted by atomic mass is 16.5. The van der Waals surface area contributed by atoms with Crippen LogP contribution >= 0.6 is 0 Å². The van der Waals surface area contributed by atoms with E-state index in [0.717, 1.165) is 17.8 Å². The minimum Gasteiger partial charge on any atom is -0.495 e. The lowest BCUT2D eigenvalue weighted by Gasteiger charge is -2.09. The van der Waals surface area contributed by atoms with Crippen LogP contribution in [0.25, 0.3) is 10.9 Å². The van der Waals surface area contributed by atoms with Crippen LogP contribution in [0.2, 0.25) is 0 Å². The summed E-state index contributed by atoms with van der Waals surface area (Å²) < 4.78 is 7.66. The van der Waals surface area contributed by atoms with E-state index in [4.69, 9.17) is 10.5 Å². The van der Waals surface area contributed by atoms with Gasteiger partial charge in [0.15, 0.2) is 0 Å². The summed E-state index contributed by atoms with van der Waals surface area (Å²) in [5.74, 6) is 0.919. The molecule has 0 saturated heterocycles. The minimum atomic E-state index is 0.641. The van der Waals surface area contributed by atoms with Crippen LogP contribution in [0.15, 0.2) is 18.2 Å². The Balaban J connectivity index is 2.80.